The maximum atomic E-state index is 9.01. The number of hydrogen-bond donors (Lipinski definition) is 1. The van der Waals surface area contributed by atoms with Crippen LogP contribution in [0.1, 0.15) is 47.0 Å². The largest absolute Gasteiger partial charge is 0.304 e. The molecule has 0 radical (unpaired) electrons. The highest BCUT2D eigenvalue weighted by atomic mass is 15.1. The highest BCUT2D eigenvalue weighted by Crippen LogP contribution is 2.00. The molecule has 0 bridgehead atoms. The molecular weight excluding hydrogens is 198 g/mol. The summed E-state index contributed by atoms with van der Waals surface area (Å²) in [4.78, 5) is 2.43. The molecule has 0 amide bonds. The molecule has 0 aromatic carbocycles. The van der Waals surface area contributed by atoms with Gasteiger partial charge in [0.25, 0.3) is 0 Å². The van der Waals surface area contributed by atoms with Gasteiger partial charge in [0.1, 0.15) is 0 Å². The molecule has 94 valence electrons. The topological polar surface area (TPSA) is 39.1 Å². The third-order valence-corrected chi connectivity index (χ3v) is 2.70. The van der Waals surface area contributed by atoms with Gasteiger partial charge in [0, 0.05) is 12.6 Å². The average Bonchev–Trinajstić information content (AvgIpc) is 2.27. The van der Waals surface area contributed by atoms with Crippen LogP contribution in [0.15, 0.2) is 0 Å². The lowest BCUT2D eigenvalue weighted by molar-refractivity contribution is 0.270. The Kier molecular flexibility index (Phi) is 9.27. The quantitative estimate of drug-likeness (QED) is 0.655. The smallest absolute Gasteiger partial charge is 0.0967 e. The van der Waals surface area contributed by atoms with E-state index in [1.165, 1.54) is 12.8 Å². The fourth-order valence-corrected chi connectivity index (χ4v) is 1.71. The van der Waals surface area contributed by atoms with E-state index in [4.69, 9.17) is 5.26 Å². The summed E-state index contributed by atoms with van der Waals surface area (Å²) >= 11 is 0. The van der Waals surface area contributed by atoms with Crippen molar-refractivity contribution in [1.29, 1.82) is 5.26 Å². The predicted octanol–water partition coefficient (Wildman–Crippen LogP) is 2.39. The normalized spacial score (nSPS) is 13.1. The summed E-state index contributed by atoms with van der Waals surface area (Å²) in [7, 11) is 0. The van der Waals surface area contributed by atoms with Crippen LogP contribution in [0.3, 0.4) is 0 Å². The standard InChI is InChI=1S/C13H27N3/c1-5-7-9-16(6-2)10-8-13(11-14)15-12(3)4/h12-13,15H,5-10H2,1-4H3. The van der Waals surface area contributed by atoms with Crippen LogP contribution in [-0.2, 0) is 0 Å². The Morgan fingerprint density at radius 3 is 2.38 bits per heavy atom. The zero-order valence-electron chi connectivity index (χ0n) is 11.3. The predicted molar refractivity (Wildman–Crippen MR) is 69.3 cm³/mol. The average molecular weight is 225 g/mol. The minimum Gasteiger partial charge on any atom is -0.304 e. The molecule has 0 saturated heterocycles. The molecule has 0 aromatic heterocycles. The van der Waals surface area contributed by atoms with E-state index >= 15 is 0 Å². The van der Waals surface area contributed by atoms with E-state index in [0.29, 0.717) is 6.04 Å². The number of unbranched alkanes of at least 4 members (excludes halogenated alkanes) is 1. The molecule has 0 aliphatic rings. The van der Waals surface area contributed by atoms with Crippen molar-refractivity contribution in [2.75, 3.05) is 19.6 Å². The summed E-state index contributed by atoms with van der Waals surface area (Å²) in [5.74, 6) is 0. The lowest BCUT2D eigenvalue weighted by Gasteiger charge is -2.22. The van der Waals surface area contributed by atoms with Crippen LogP contribution in [0, 0.1) is 11.3 Å². The molecule has 0 fully saturated rings. The third-order valence-electron chi connectivity index (χ3n) is 2.70. The molecule has 0 heterocycles. The van der Waals surface area contributed by atoms with Crippen LogP contribution in [0.2, 0.25) is 0 Å². The van der Waals surface area contributed by atoms with Crippen LogP contribution in [0.5, 0.6) is 0 Å². The van der Waals surface area contributed by atoms with Gasteiger partial charge >= 0.3 is 0 Å². The SMILES string of the molecule is CCCCN(CC)CCC(C#N)NC(C)C. The molecule has 1 unspecified atom stereocenters. The van der Waals surface area contributed by atoms with Crippen molar-refractivity contribution in [1.82, 2.24) is 10.2 Å². The third kappa shape index (κ3) is 7.67. The van der Waals surface area contributed by atoms with E-state index in [9.17, 15) is 0 Å². The molecule has 1 N–H and O–H groups in total. The fraction of sp³-hybridized carbons (Fsp3) is 0.923. The van der Waals surface area contributed by atoms with Gasteiger partial charge in [-0.1, -0.05) is 20.3 Å². The van der Waals surface area contributed by atoms with Gasteiger partial charge in [0.2, 0.25) is 0 Å². The van der Waals surface area contributed by atoms with Gasteiger partial charge in [0.15, 0.2) is 0 Å². The van der Waals surface area contributed by atoms with Crippen molar-refractivity contribution < 1.29 is 0 Å². The Balaban J connectivity index is 3.84. The number of rotatable bonds is 9. The zero-order chi connectivity index (χ0) is 12.4. The Hall–Kier alpha value is -0.590. The first-order valence-electron chi connectivity index (χ1n) is 6.52. The maximum Gasteiger partial charge on any atom is 0.0967 e. The second-order valence-electron chi connectivity index (χ2n) is 4.58. The summed E-state index contributed by atoms with van der Waals surface area (Å²) in [6.07, 6.45) is 3.41. The Labute approximate surface area is 101 Å². The van der Waals surface area contributed by atoms with Crippen LogP contribution in [0.25, 0.3) is 0 Å². The minimum absolute atomic E-state index is 0.00400. The van der Waals surface area contributed by atoms with Crippen LogP contribution in [0.4, 0.5) is 0 Å². The molecule has 16 heavy (non-hydrogen) atoms. The minimum atomic E-state index is -0.00400. The van der Waals surface area contributed by atoms with Gasteiger partial charge in [-0.2, -0.15) is 5.26 Å². The monoisotopic (exact) mass is 225 g/mol. The zero-order valence-corrected chi connectivity index (χ0v) is 11.3. The molecule has 0 aromatic rings. The molecular formula is C13H27N3. The first-order valence-corrected chi connectivity index (χ1v) is 6.52. The molecule has 0 rings (SSSR count). The summed E-state index contributed by atoms with van der Waals surface area (Å²) in [6, 6.07) is 2.71. The van der Waals surface area contributed by atoms with Crippen molar-refractivity contribution >= 4 is 0 Å². The molecule has 0 aliphatic heterocycles. The van der Waals surface area contributed by atoms with Gasteiger partial charge in [-0.3, -0.25) is 5.32 Å². The highest BCUT2D eigenvalue weighted by molar-refractivity contribution is 4.91. The van der Waals surface area contributed by atoms with E-state index in [2.05, 4.69) is 44.0 Å². The highest BCUT2D eigenvalue weighted by Gasteiger charge is 2.10. The molecule has 1 atom stereocenters. The van der Waals surface area contributed by atoms with Crippen molar-refractivity contribution in [3.63, 3.8) is 0 Å². The number of nitriles is 1. The molecule has 0 aliphatic carbocycles. The van der Waals surface area contributed by atoms with E-state index in [1.54, 1.807) is 0 Å². The second kappa shape index (κ2) is 9.62. The number of nitrogens with zero attached hydrogens (tertiary/aromatic N) is 2. The summed E-state index contributed by atoms with van der Waals surface area (Å²) in [6.45, 7) is 11.8. The summed E-state index contributed by atoms with van der Waals surface area (Å²) < 4.78 is 0. The van der Waals surface area contributed by atoms with Gasteiger partial charge in [-0.15, -0.1) is 0 Å². The first kappa shape index (κ1) is 15.4. The Morgan fingerprint density at radius 1 is 1.25 bits per heavy atom. The number of hydrogen-bond acceptors (Lipinski definition) is 3. The summed E-state index contributed by atoms with van der Waals surface area (Å²) in [5, 5.41) is 12.3. The van der Waals surface area contributed by atoms with Crippen LogP contribution in [-0.4, -0.2) is 36.6 Å². The molecule has 0 spiro atoms. The fourth-order valence-electron chi connectivity index (χ4n) is 1.71. The maximum absolute atomic E-state index is 9.01. The van der Waals surface area contributed by atoms with E-state index < -0.39 is 0 Å². The Morgan fingerprint density at radius 2 is 1.94 bits per heavy atom. The van der Waals surface area contributed by atoms with Crippen molar-refractivity contribution in [3.05, 3.63) is 0 Å². The van der Waals surface area contributed by atoms with Crippen molar-refractivity contribution in [2.45, 2.75) is 59.0 Å². The lowest BCUT2D eigenvalue weighted by Crippen LogP contribution is -2.37. The van der Waals surface area contributed by atoms with E-state index in [-0.39, 0.29) is 6.04 Å². The molecule has 0 saturated carbocycles. The van der Waals surface area contributed by atoms with Crippen LogP contribution >= 0.6 is 0 Å². The van der Waals surface area contributed by atoms with E-state index in [1.807, 2.05) is 0 Å². The van der Waals surface area contributed by atoms with Gasteiger partial charge in [0.05, 0.1) is 12.1 Å². The van der Waals surface area contributed by atoms with Gasteiger partial charge in [-0.05, 0) is 39.8 Å². The Bertz CT molecular complexity index is 196. The number of nitrogens with one attached hydrogen (secondary N) is 1. The first-order chi connectivity index (χ1) is 7.63. The lowest BCUT2D eigenvalue weighted by atomic mass is 10.2. The van der Waals surface area contributed by atoms with Gasteiger partial charge < -0.3 is 4.90 Å². The van der Waals surface area contributed by atoms with Crippen molar-refractivity contribution in [2.24, 2.45) is 0 Å². The second-order valence-corrected chi connectivity index (χ2v) is 4.58. The molecule has 3 heteroatoms. The van der Waals surface area contributed by atoms with Gasteiger partial charge in [-0.25, -0.2) is 0 Å². The van der Waals surface area contributed by atoms with E-state index in [0.717, 1.165) is 26.1 Å². The molecule has 3 nitrogen and oxygen atoms in total. The summed E-state index contributed by atoms with van der Waals surface area (Å²) in [5.41, 5.74) is 0. The van der Waals surface area contributed by atoms with Crippen molar-refractivity contribution in [3.8, 4) is 6.07 Å². The van der Waals surface area contributed by atoms with Crippen LogP contribution < -0.4 is 5.32 Å².